The second-order valence-corrected chi connectivity index (χ2v) is 7.39. The molecule has 10 nitrogen and oxygen atoms in total. The molecule has 3 rings (SSSR count). The third kappa shape index (κ3) is 7.44. The van der Waals surface area contributed by atoms with Crippen LogP contribution in [0.25, 0.3) is 0 Å². The smallest absolute Gasteiger partial charge is 0.191 e. The van der Waals surface area contributed by atoms with Crippen LogP contribution in [0.2, 0.25) is 0 Å². The molecule has 1 aromatic carbocycles. The van der Waals surface area contributed by atoms with Gasteiger partial charge >= 0.3 is 0 Å². The van der Waals surface area contributed by atoms with Gasteiger partial charge in [-0.25, -0.2) is 4.99 Å². The number of methoxy groups -OCH3 is 2. The fraction of sp³-hybridized carbons (Fsp3) is 0.591. The molecule has 1 aromatic heterocycles. The second kappa shape index (κ2) is 14.2. The SMILES string of the molecule is CCNC(=NCc1nncn1CC)NCC(c1ccc(OC)c(OC)c1)N1CCOCC1.I. The number of nitrogens with one attached hydrogen (secondary N) is 2. The number of ether oxygens (including phenoxy) is 3. The van der Waals surface area contributed by atoms with Crippen molar-refractivity contribution in [3.63, 3.8) is 0 Å². The Bertz CT molecular complexity index is 871. The highest BCUT2D eigenvalue weighted by molar-refractivity contribution is 14.0. The third-order valence-corrected chi connectivity index (χ3v) is 5.50. The first-order valence-corrected chi connectivity index (χ1v) is 11.1. The Balaban J connectivity index is 0.00000385. The van der Waals surface area contributed by atoms with E-state index in [1.807, 2.05) is 10.6 Å². The van der Waals surface area contributed by atoms with Gasteiger partial charge in [-0.3, -0.25) is 4.90 Å². The number of aryl methyl sites for hydroxylation is 1. The van der Waals surface area contributed by atoms with Crippen LogP contribution >= 0.6 is 24.0 Å². The summed E-state index contributed by atoms with van der Waals surface area (Å²) in [6.07, 6.45) is 1.73. The molecular formula is C22H36IN7O3. The van der Waals surface area contributed by atoms with Crippen LogP contribution < -0.4 is 20.1 Å². The summed E-state index contributed by atoms with van der Waals surface area (Å²) in [6.45, 7) is 10.0. The van der Waals surface area contributed by atoms with Crippen LogP contribution in [0.1, 0.15) is 31.3 Å². The van der Waals surface area contributed by atoms with Crippen LogP contribution in [0.4, 0.5) is 0 Å². The number of halogens is 1. The molecule has 2 N–H and O–H groups in total. The molecule has 1 aliphatic heterocycles. The number of benzene rings is 1. The molecule has 0 radical (unpaired) electrons. The lowest BCUT2D eigenvalue weighted by atomic mass is 10.0. The first-order chi connectivity index (χ1) is 15.7. The topological polar surface area (TPSA) is 98.1 Å². The van der Waals surface area contributed by atoms with Gasteiger partial charge in [0.05, 0.1) is 33.5 Å². The molecule has 1 atom stereocenters. The summed E-state index contributed by atoms with van der Waals surface area (Å²) in [4.78, 5) is 7.15. The van der Waals surface area contributed by atoms with Crippen molar-refractivity contribution in [3.05, 3.63) is 35.9 Å². The first-order valence-electron chi connectivity index (χ1n) is 11.1. The highest BCUT2D eigenvalue weighted by Gasteiger charge is 2.24. The van der Waals surface area contributed by atoms with Crippen molar-refractivity contribution in [1.29, 1.82) is 0 Å². The molecule has 0 amide bonds. The largest absolute Gasteiger partial charge is 0.493 e. The maximum atomic E-state index is 5.58. The van der Waals surface area contributed by atoms with E-state index in [0.717, 1.165) is 68.2 Å². The summed E-state index contributed by atoms with van der Waals surface area (Å²) < 4.78 is 18.5. The summed E-state index contributed by atoms with van der Waals surface area (Å²) in [7, 11) is 3.31. The van der Waals surface area contributed by atoms with Crippen molar-refractivity contribution >= 4 is 29.9 Å². The van der Waals surface area contributed by atoms with Gasteiger partial charge in [0.1, 0.15) is 12.9 Å². The molecule has 1 aliphatic rings. The average Bonchev–Trinajstić information content (AvgIpc) is 3.30. The molecule has 1 saturated heterocycles. The maximum absolute atomic E-state index is 5.58. The van der Waals surface area contributed by atoms with Gasteiger partial charge in [0.15, 0.2) is 23.3 Å². The summed E-state index contributed by atoms with van der Waals surface area (Å²) in [5.74, 6) is 3.04. The second-order valence-electron chi connectivity index (χ2n) is 7.39. The number of hydrogen-bond donors (Lipinski definition) is 2. The van der Waals surface area contributed by atoms with Crippen molar-refractivity contribution in [1.82, 2.24) is 30.3 Å². The fourth-order valence-electron chi connectivity index (χ4n) is 3.76. The minimum Gasteiger partial charge on any atom is -0.493 e. The van der Waals surface area contributed by atoms with Gasteiger partial charge in [0.2, 0.25) is 0 Å². The Morgan fingerprint density at radius 3 is 2.58 bits per heavy atom. The lowest BCUT2D eigenvalue weighted by molar-refractivity contribution is 0.0169. The van der Waals surface area contributed by atoms with E-state index in [0.29, 0.717) is 13.1 Å². The van der Waals surface area contributed by atoms with E-state index in [4.69, 9.17) is 19.2 Å². The van der Waals surface area contributed by atoms with Crippen molar-refractivity contribution < 1.29 is 14.2 Å². The molecule has 0 aliphatic carbocycles. The molecule has 11 heteroatoms. The van der Waals surface area contributed by atoms with E-state index >= 15 is 0 Å². The van der Waals surface area contributed by atoms with Crippen molar-refractivity contribution in [2.75, 3.05) is 53.6 Å². The first kappa shape index (κ1) is 27.1. The van der Waals surface area contributed by atoms with Crippen LogP contribution in [0, 0.1) is 0 Å². The predicted molar refractivity (Wildman–Crippen MR) is 139 cm³/mol. The van der Waals surface area contributed by atoms with Crippen LogP contribution in [0.15, 0.2) is 29.5 Å². The van der Waals surface area contributed by atoms with Crippen LogP contribution in [-0.4, -0.2) is 79.2 Å². The fourth-order valence-corrected chi connectivity index (χ4v) is 3.76. The Hall–Kier alpha value is -2.12. The van der Waals surface area contributed by atoms with E-state index in [1.165, 1.54) is 0 Å². The minimum absolute atomic E-state index is 0. The Labute approximate surface area is 213 Å². The van der Waals surface area contributed by atoms with Gasteiger partial charge in [-0.2, -0.15) is 0 Å². The highest BCUT2D eigenvalue weighted by Crippen LogP contribution is 2.32. The molecule has 0 saturated carbocycles. The third-order valence-electron chi connectivity index (χ3n) is 5.50. The number of guanidine groups is 1. The number of nitrogens with zero attached hydrogens (tertiary/aromatic N) is 5. The quantitative estimate of drug-likeness (QED) is 0.254. The van der Waals surface area contributed by atoms with E-state index in [1.54, 1.807) is 20.5 Å². The average molecular weight is 573 g/mol. The van der Waals surface area contributed by atoms with Crippen molar-refractivity contribution in [2.45, 2.75) is 33.0 Å². The Kier molecular flexibility index (Phi) is 11.7. The number of rotatable bonds is 10. The zero-order valence-corrected chi connectivity index (χ0v) is 22.2. The van der Waals surface area contributed by atoms with E-state index in [2.05, 4.69) is 51.7 Å². The van der Waals surface area contributed by atoms with Gasteiger partial charge in [-0.15, -0.1) is 34.2 Å². The predicted octanol–water partition coefficient (Wildman–Crippen LogP) is 2.06. The number of hydrogen-bond acceptors (Lipinski definition) is 7. The van der Waals surface area contributed by atoms with Gasteiger partial charge in [0, 0.05) is 32.7 Å². The molecule has 0 bridgehead atoms. The normalized spacial score (nSPS) is 15.5. The highest BCUT2D eigenvalue weighted by atomic mass is 127. The van der Waals surface area contributed by atoms with E-state index < -0.39 is 0 Å². The van der Waals surface area contributed by atoms with Crippen molar-refractivity contribution in [3.8, 4) is 11.5 Å². The van der Waals surface area contributed by atoms with Gasteiger partial charge in [-0.1, -0.05) is 6.07 Å². The summed E-state index contributed by atoms with van der Waals surface area (Å²) in [5, 5.41) is 15.0. The molecule has 2 heterocycles. The number of aliphatic imine (C=N–C) groups is 1. The molecule has 1 fully saturated rings. The molecule has 33 heavy (non-hydrogen) atoms. The molecule has 2 aromatic rings. The molecule has 184 valence electrons. The zero-order valence-electron chi connectivity index (χ0n) is 19.9. The van der Waals surface area contributed by atoms with Crippen LogP contribution in [0.5, 0.6) is 11.5 Å². The summed E-state index contributed by atoms with van der Waals surface area (Å²) in [5.41, 5.74) is 1.15. The monoisotopic (exact) mass is 573 g/mol. The Morgan fingerprint density at radius 1 is 1.15 bits per heavy atom. The minimum atomic E-state index is 0. The van der Waals surface area contributed by atoms with Crippen LogP contribution in [-0.2, 0) is 17.8 Å². The summed E-state index contributed by atoms with van der Waals surface area (Å²) >= 11 is 0. The van der Waals surface area contributed by atoms with E-state index in [9.17, 15) is 0 Å². The van der Waals surface area contributed by atoms with Crippen LogP contribution in [0.3, 0.4) is 0 Å². The van der Waals surface area contributed by atoms with E-state index in [-0.39, 0.29) is 30.0 Å². The zero-order chi connectivity index (χ0) is 22.8. The lowest BCUT2D eigenvalue weighted by Crippen LogP contribution is -2.46. The van der Waals surface area contributed by atoms with Gasteiger partial charge < -0.3 is 29.4 Å². The lowest BCUT2D eigenvalue weighted by Gasteiger charge is -2.35. The van der Waals surface area contributed by atoms with Crippen molar-refractivity contribution in [2.24, 2.45) is 4.99 Å². The standard InChI is InChI=1S/C22H35N7O3.HI/c1-5-23-22(25-15-21-27-26-16-28(21)6-2)24-14-18(29-9-11-32-12-10-29)17-7-8-19(30-3)20(13-17)31-4;/h7-8,13,16,18H,5-6,9-12,14-15H2,1-4H3,(H2,23,24,25);1H. The Morgan fingerprint density at radius 2 is 1.91 bits per heavy atom. The molecular weight excluding hydrogens is 537 g/mol. The maximum Gasteiger partial charge on any atom is 0.191 e. The van der Waals surface area contributed by atoms with Gasteiger partial charge in [-0.05, 0) is 31.5 Å². The number of aromatic nitrogens is 3. The molecule has 0 spiro atoms. The summed E-state index contributed by atoms with van der Waals surface area (Å²) in [6, 6.07) is 6.23. The number of morpholine rings is 1. The molecule has 1 unspecified atom stereocenters. The van der Waals surface area contributed by atoms with Gasteiger partial charge in [0.25, 0.3) is 0 Å².